The third-order valence-corrected chi connectivity index (χ3v) is 5.45. The van der Waals surface area contributed by atoms with Crippen molar-refractivity contribution >= 4 is 29.9 Å². The van der Waals surface area contributed by atoms with Crippen LogP contribution >= 0.6 is 24.0 Å². The first-order valence-electron chi connectivity index (χ1n) is 8.48. The maximum Gasteiger partial charge on any atom is 0.191 e. The molecule has 5 heteroatoms. The molecule has 1 saturated heterocycles. The molecule has 3 unspecified atom stereocenters. The van der Waals surface area contributed by atoms with E-state index in [1.807, 2.05) is 0 Å². The average molecular weight is 407 g/mol. The summed E-state index contributed by atoms with van der Waals surface area (Å²) in [4.78, 5) is 4.72. The molecule has 0 aromatic heterocycles. The first kappa shape index (κ1) is 17.3. The summed E-state index contributed by atoms with van der Waals surface area (Å²) in [6.45, 7) is 7.17. The number of aliphatic imine (C=N–C) groups is 1. The summed E-state index contributed by atoms with van der Waals surface area (Å²) >= 11 is 0. The summed E-state index contributed by atoms with van der Waals surface area (Å²) in [5.41, 5.74) is 0.433. The van der Waals surface area contributed by atoms with Crippen LogP contribution in [-0.4, -0.2) is 37.8 Å². The van der Waals surface area contributed by atoms with Gasteiger partial charge in [-0.1, -0.05) is 19.8 Å². The van der Waals surface area contributed by atoms with Gasteiger partial charge in [0.15, 0.2) is 5.96 Å². The Morgan fingerprint density at radius 3 is 2.76 bits per heavy atom. The summed E-state index contributed by atoms with van der Waals surface area (Å²) in [5.74, 6) is 1.73. The quantitative estimate of drug-likeness (QED) is 0.319. The van der Waals surface area contributed by atoms with Crippen LogP contribution in [0.5, 0.6) is 0 Å². The fraction of sp³-hybridized carbons (Fsp3) is 0.938. The van der Waals surface area contributed by atoms with E-state index in [2.05, 4.69) is 24.5 Å². The Bertz CT molecular complexity index is 371. The molecular formula is C16H30IN3O. The molecule has 0 bridgehead atoms. The number of guanidine groups is 1. The van der Waals surface area contributed by atoms with E-state index < -0.39 is 0 Å². The molecule has 3 atom stereocenters. The van der Waals surface area contributed by atoms with E-state index in [4.69, 9.17) is 9.73 Å². The smallest absolute Gasteiger partial charge is 0.191 e. The van der Waals surface area contributed by atoms with E-state index in [1.54, 1.807) is 0 Å². The number of hydrogen-bond acceptors (Lipinski definition) is 2. The van der Waals surface area contributed by atoms with Crippen LogP contribution in [0.25, 0.3) is 0 Å². The number of nitrogens with one attached hydrogen (secondary N) is 2. The summed E-state index contributed by atoms with van der Waals surface area (Å²) in [7, 11) is 0. The average Bonchev–Trinajstić information content (AvgIpc) is 2.79. The zero-order chi connectivity index (χ0) is 14.0. The van der Waals surface area contributed by atoms with Crippen molar-refractivity contribution in [3.05, 3.63) is 0 Å². The van der Waals surface area contributed by atoms with Crippen molar-refractivity contribution in [1.82, 2.24) is 10.6 Å². The van der Waals surface area contributed by atoms with Gasteiger partial charge in [-0.05, 0) is 32.6 Å². The number of fused-ring (bicyclic) bond motifs is 2. The van der Waals surface area contributed by atoms with Crippen molar-refractivity contribution in [2.75, 3.05) is 19.7 Å². The number of halogens is 1. The topological polar surface area (TPSA) is 45.7 Å². The monoisotopic (exact) mass is 407 g/mol. The molecular weight excluding hydrogens is 377 g/mol. The van der Waals surface area contributed by atoms with E-state index in [0.717, 1.165) is 25.7 Å². The number of ether oxygens (including phenoxy) is 1. The molecule has 1 heterocycles. The van der Waals surface area contributed by atoms with Crippen molar-refractivity contribution in [1.29, 1.82) is 0 Å². The van der Waals surface area contributed by atoms with Gasteiger partial charge in [0, 0.05) is 37.1 Å². The molecule has 3 fully saturated rings. The van der Waals surface area contributed by atoms with Gasteiger partial charge in [-0.2, -0.15) is 0 Å². The number of unbranched alkanes of at least 4 members (excludes halogenated alkanes) is 1. The molecule has 2 N–H and O–H groups in total. The van der Waals surface area contributed by atoms with Gasteiger partial charge in [0.05, 0.1) is 6.10 Å². The van der Waals surface area contributed by atoms with Crippen molar-refractivity contribution in [3.8, 4) is 0 Å². The Balaban J connectivity index is 0.00000161. The summed E-state index contributed by atoms with van der Waals surface area (Å²) in [5, 5.41) is 7.14. The lowest BCUT2D eigenvalue weighted by Gasteiger charge is -2.63. The van der Waals surface area contributed by atoms with Crippen molar-refractivity contribution in [2.24, 2.45) is 16.3 Å². The van der Waals surface area contributed by atoms with Crippen molar-refractivity contribution < 1.29 is 4.74 Å². The van der Waals surface area contributed by atoms with Gasteiger partial charge in [0.1, 0.15) is 0 Å². The minimum atomic E-state index is 0. The van der Waals surface area contributed by atoms with Crippen LogP contribution in [-0.2, 0) is 4.74 Å². The standard InChI is InChI=1S/C16H29N3O.HI/c1-3-5-10-18-15(17-4-2)19-13-12-7-11-20-14(12)16(13)8-6-9-16;/h12-14H,3-11H2,1-2H3,(H2,17,18,19);1H. The number of rotatable bonds is 5. The van der Waals surface area contributed by atoms with Gasteiger partial charge in [-0.25, -0.2) is 0 Å². The molecule has 122 valence electrons. The molecule has 0 aromatic rings. The zero-order valence-electron chi connectivity index (χ0n) is 13.4. The second kappa shape index (κ2) is 7.49. The number of hydrogen-bond donors (Lipinski definition) is 2. The maximum absolute atomic E-state index is 5.98. The maximum atomic E-state index is 5.98. The van der Waals surface area contributed by atoms with E-state index in [9.17, 15) is 0 Å². The zero-order valence-corrected chi connectivity index (χ0v) is 15.7. The van der Waals surface area contributed by atoms with Gasteiger partial charge in [0.2, 0.25) is 0 Å². The lowest BCUT2D eigenvalue weighted by molar-refractivity contribution is -0.171. The number of nitrogens with zero attached hydrogens (tertiary/aromatic N) is 1. The van der Waals surface area contributed by atoms with E-state index in [0.29, 0.717) is 23.5 Å². The molecule has 0 aromatic carbocycles. The van der Waals surface area contributed by atoms with E-state index in [1.165, 1.54) is 38.5 Å². The van der Waals surface area contributed by atoms with Crippen LogP contribution < -0.4 is 10.6 Å². The Morgan fingerprint density at radius 2 is 2.14 bits per heavy atom. The first-order chi connectivity index (χ1) is 9.81. The van der Waals surface area contributed by atoms with Crippen molar-refractivity contribution in [2.45, 2.75) is 64.5 Å². The second-order valence-electron chi connectivity index (χ2n) is 6.57. The second-order valence-corrected chi connectivity index (χ2v) is 6.57. The van der Waals surface area contributed by atoms with Crippen LogP contribution in [0.2, 0.25) is 0 Å². The normalized spacial score (nSPS) is 32.7. The van der Waals surface area contributed by atoms with Crippen LogP contribution in [0.15, 0.2) is 4.99 Å². The minimum absolute atomic E-state index is 0. The molecule has 1 aliphatic heterocycles. The molecule has 4 nitrogen and oxygen atoms in total. The lowest BCUT2D eigenvalue weighted by Crippen LogP contribution is -2.72. The van der Waals surface area contributed by atoms with E-state index in [-0.39, 0.29) is 24.0 Å². The SMILES string of the molecule is CCCCN=C(NCC)NC1C2CCOC2C12CCC2.I. The molecule has 0 radical (unpaired) electrons. The molecule has 3 aliphatic rings. The predicted octanol–water partition coefficient (Wildman–Crippen LogP) is 2.92. The van der Waals surface area contributed by atoms with Gasteiger partial charge in [0.25, 0.3) is 0 Å². The highest BCUT2D eigenvalue weighted by atomic mass is 127. The Hall–Kier alpha value is -0.0400. The van der Waals surface area contributed by atoms with Crippen LogP contribution in [0.1, 0.15) is 52.4 Å². The first-order valence-corrected chi connectivity index (χ1v) is 8.48. The molecule has 0 amide bonds. The molecule has 21 heavy (non-hydrogen) atoms. The van der Waals surface area contributed by atoms with E-state index >= 15 is 0 Å². The minimum Gasteiger partial charge on any atom is -0.377 e. The molecule has 1 spiro atoms. The Morgan fingerprint density at radius 1 is 1.33 bits per heavy atom. The fourth-order valence-electron chi connectivity index (χ4n) is 4.27. The largest absolute Gasteiger partial charge is 0.377 e. The van der Waals surface area contributed by atoms with Gasteiger partial charge >= 0.3 is 0 Å². The Kier molecular flexibility index (Phi) is 6.17. The third kappa shape index (κ3) is 3.05. The van der Waals surface area contributed by atoms with Crippen LogP contribution in [0.3, 0.4) is 0 Å². The summed E-state index contributed by atoms with van der Waals surface area (Å²) in [6.07, 6.45) is 8.16. The lowest BCUT2D eigenvalue weighted by atomic mass is 9.46. The molecule has 2 aliphatic carbocycles. The third-order valence-electron chi connectivity index (χ3n) is 5.45. The predicted molar refractivity (Wildman–Crippen MR) is 97.4 cm³/mol. The molecule has 2 saturated carbocycles. The summed E-state index contributed by atoms with van der Waals surface area (Å²) < 4.78 is 5.98. The summed E-state index contributed by atoms with van der Waals surface area (Å²) in [6, 6.07) is 0.586. The Labute approximate surface area is 145 Å². The van der Waals surface area contributed by atoms with Gasteiger partial charge in [-0.3, -0.25) is 4.99 Å². The highest BCUT2D eigenvalue weighted by Crippen LogP contribution is 2.62. The van der Waals surface area contributed by atoms with Crippen LogP contribution in [0.4, 0.5) is 0 Å². The molecule has 3 rings (SSSR count). The van der Waals surface area contributed by atoms with Gasteiger partial charge < -0.3 is 15.4 Å². The highest BCUT2D eigenvalue weighted by Gasteiger charge is 2.66. The fourth-order valence-corrected chi connectivity index (χ4v) is 4.27. The van der Waals surface area contributed by atoms with Gasteiger partial charge in [-0.15, -0.1) is 24.0 Å². The van der Waals surface area contributed by atoms with Crippen molar-refractivity contribution in [3.63, 3.8) is 0 Å². The highest BCUT2D eigenvalue weighted by molar-refractivity contribution is 14.0. The van der Waals surface area contributed by atoms with Crippen LogP contribution in [0, 0.1) is 11.3 Å².